The first-order chi connectivity index (χ1) is 9.03. The maximum Gasteiger partial charge on any atom is 0.244 e. The fourth-order valence-electron chi connectivity index (χ4n) is 2.71. The normalized spacial score (nSPS) is 30.7. The molecule has 0 spiro atoms. The van der Waals surface area contributed by atoms with Crippen LogP contribution in [0.2, 0.25) is 0 Å². The molecular weight excluding hydrogens is 266 g/mol. The predicted molar refractivity (Wildman–Crippen MR) is 72.1 cm³/mol. The maximum atomic E-state index is 11.5. The van der Waals surface area contributed by atoms with E-state index in [2.05, 4.69) is 32.3 Å². The Kier molecular flexibility index (Phi) is 3.22. The highest BCUT2D eigenvalue weighted by atomic mass is 32.2. The number of hydrogen-bond donors (Lipinski definition) is 2. The van der Waals surface area contributed by atoms with E-state index >= 15 is 0 Å². The van der Waals surface area contributed by atoms with E-state index in [1.165, 1.54) is 0 Å². The molecule has 1 unspecified atom stereocenters. The lowest BCUT2D eigenvalue weighted by Crippen LogP contribution is -2.49. The summed E-state index contributed by atoms with van der Waals surface area (Å²) in [7, 11) is -2.88. The van der Waals surface area contributed by atoms with Gasteiger partial charge in [-0.05, 0) is 13.3 Å². The molecule has 1 aromatic heterocycles. The van der Waals surface area contributed by atoms with Crippen molar-refractivity contribution in [2.24, 2.45) is 0 Å². The van der Waals surface area contributed by atoms with Crippen LogP contribution in [0.3, 0.4) is 0 Å². The topological polar surface area (TPSA) is 91.0 Å². The number of rotatable bonds is 2. The van der Waals surface area contributed by atoms with Gasteiger partial charge in [0.2, 0.25) is 5.95 Å². The summed E-state index contributed by atoms with van der Waals surface area (Å²) in [6.45, 7) is 4.80. The number of piperazine rings is 1. The van der Waals surface area contributed by atoms with Gasteiger partial charge in [0.05, 0.1) is 11.5 Å². The van der Waals surface area contributed by atoms with E-state index < -0.39 is 9.84 Å². The number of sulfone groups is 1. The number of H-pyrrole nitrogens is 1. The zero-order valence-corrected chi connectivity index (χ0v) is 11.8. The molecule has 0 radical (unpaired) electrons. The quantitative estimate of drug-likeness (QED) is 0.761. The summed E-state index contributed by atoms with van der Waals surface area (Å²) >= 11 is 0. The van der Waals surface area contributed by atoms with Crippen LogP contribution in [-0.4, -0.2) is 60.8 Å². The highest BCUT2D eigenvalue weighted by molar-refractivity contribution is 7.91. The average Bonchev–Trinajstić information content (AvgIpc) is 2.95. The smallest absolute Gasteiger partial charge is 0.244 e. The molecule has 1 aromatic rings. The van der Waals surface area contributed by atoms with E-state index in [0.29, 0.717) is 24.2 Å². The van der Waals surface area contributed by atoms with Crippen molar-refractivity contribution < 1.29 is 8.42 Å². The Morgan fingerprint density at radius 2 is 2.26 bits per heavy atom. The van der Waals surface area contributed by atoms with E-state index in [0.717, 1.165) is 19.6 Å². The lowest BCUT2D eigenvalue weighted by Gasteiger charge is -2.30. The van der Waals surface area contributed by atoms with Gasteiger partial charge in [0.25, 0.3) is 0 Å². The Balaban J connectivity index is 1.73. The summed E-state index contributed by atoms with van der Waals surface area (Å²) in [5.74, 6) is 1.83. The molecule has 7 nitrogen and oxygen atoms in total. The Labute approximate surface area is 112 Å². The van der Waals surface area contributed by atoms with Crippen LogP contribution in [0, 0.1) is 0 Å². The fourth-order valence-corrected chi connectivity index (χ4v) is 4.46. The number of nitrogens with zero attached hydrogens (tertiary/aromatic N) is 3. The van der Waals surface area contributed by atoms with Crippen LogP contribution in [0.5, 0.6) is 0 Å². The van der Waals surface area contributed by atoms with Crippen LogP contribution < -0.4 is 10.2 Å². The Morgan fingerprint density at radius 3 is 2.95 bits per heavy atom. The number of aromatic amines is 1. The van der Waals surface area contributed by atoms with Crippen LogP contribution in [0.15, 0.2) is 0 Å². The summed E-state index contributed by atoms with van der Waals surface area (Å²) in [4.78, 5) is 6.61. The largest absolute Gasteiger partial charge is 0.337 e. The molecule has 0 bridgehead atoms. The van der Waals surface area contributed by atoms with Crippen molar-refractivity contribution in [2.75, 3.05) is 36.0 Å². The summed E-state index contributed by atoms with van der Waals surface area (Å²) in [5.41, 5.74) is 0. The van der Waals surface area contributed by atoms with Crippen molar-refractivity contribution in [3.8, 4) is 0 Å². The highest BCUT2D eigenvalue weighted by Crippen LogP contribution is 2.27. The van der Waals surface area contributed by atoms with E-state index in [1.807, 2.05) is 0 Å². The van der Waals surface area contributed by atoms with Crippen molar-refractivity contribution >= 4 is 15.8 Å². The third-order valence-electron chi connectivity index (χ3n) is 3.76. The lowest BCUT2D eigenvalue weighted by atomic mass is 10.1. The molecule has 8 heteroatoms. The van der Waals surface area contributed by atoms with Gasteiger partial charge in [-0.3, -0.25) is 5.10 Å². The summed E-state index contributed by atoms with van der Waals surface area (Å²) in [6, 6.07) is 0.419. The number of aromatic nitrogens is 3. The van der Waals surface area contributed by atoms with Crippen molar-refractivity contribution in [1.82, 2.24) is 20.5 Å². The first-order valence-corrected chi connectivity index (χ1v) is 8.47. The molecule has 3 heterocycles. The SMILES string of the molecule is C[C@H]1CN(c2n[nH]c(C3CCS(=O)(=O)C3)n2)CCN1. The maximum absolute atomic E-state index is 11.5. The first-order valence-electron chi connectivity index (χ1n) is 6.64. The first kappa shape index (κ1) is 12.9. The Bertz CT molecular complexity index is 555. The molecule has 0 aromatic carbocycles. The second kappa shape index (κ2) is 4.75. The molecule has 2 saturated heterocycles. The van der Waals surface area contributed by atoms with E-state index in [4.69, 9.17) is 0 Å². The van der Waals surface area contributed by atoms with Gasteiger partial charge >= 0.3 is 0 Å². The summed E-state index contributed by atoms with van der Waals surface area (Å²) in [6.07, 6.45) is 0.648. The Hall–Kier alpha value is -1.15. The van der Waals surface area contributed by atoms with Gasteiger partial charge in [-0.2, -0.15) is 4.98 Å². The molecule has 0 amide bonds. The third kappa shape index (κ3) is 2.74. The van der Waals surface area contributed by atoms with E-state index in [1.54, 1.807) is 0 Å². The highest BCUT2D eigenvalue weighted by Gasteiger charge is 2.32. The summed E-state index contributed by atoms with van der Waals surface area (Å²) in [5, 5.41) is 10.5. The molecule has 19 heavy (non-hydrogen) atoms. The third-order valence-corrected chi connectivity index (χ3v) is 5.53. The number of nitrogens with one attached hydrogen (secondary N) is 2. The molecule has 2 N–H and O–H groups in total. The van der Waals surface area contributed by atoms with Gasteiger partial charge in [0.15, 0.2) is 9.84 Å². The van der Waals surface area contributed by atoms with Gasteiger partial charge in [0, 0.05) is 31.6 Å². The van der Waals surface area contributed by atoms with Crippen molar-refractivity contribution in [3.63, 3.8) is 0 Å². The molecule has 106 valence electrons. The van der Waals surface area contributed by atoms with Crippen molar-refractivity contribution in [1.29, 1.82) is 0 Å². The molecule has 2 aliphatic rings. The minimum absolute atomic E-state index is 0.0217. The molecular formula is C11H19N5O2S. The van der Waals surface area contributed by atoms with E-state index in [-0.39, 0.29) is 17.4 Å². The van der Waals surface area contributed by atoms with Crippen LogP contribution in [0.4, 0.5) is 5.95 Å². The molecule has 2 atom stereocenters. The Morgan fingerprint density at radius 1 is 1.42 bits per heavy atom. The van der Waals surface area contributed by atoms with Crippen molar-refractivity contribution in [2.45, 2.75) is 25.3 Å². The van der Waals surface area contributed by atoms with Crippen LogP contribution in [-0.2, 0) is 9.84 Å². The minimum Gasteiger partial charge on any atom is -0.337 e. The number of hydrogen-bond acceptors (Lipinski definition) is 6. The molecule has 2 aliphatic heterocycles. The number of anilines is 1. The fraction of sp³-hybridized carbons (Fsp3) is 0.818. The van der Waals surface area contributed by atoms with Gasteiger partial charge in [-0.25, -0.2) is 8.42 Å². The van der Waals surface area contributed by atoms with E-state index in [9.17, 15) is 8.42 Å². The van der Waals surface area contributed by atoms with Gasteiger partial charge < -0.3 is 10.2 Å². The second-order valence-corrected chi connectivity index (χ2v) is 7.65. The molecule has 2 fully saturated rings. The van der Waals surface area contributed by atoms with Crippen molar-refractivity contribution in [3.05, 3.63) is 5.82 Å². The lowest BCUT2D eigenvalue weighted by molar-refractivity contribution is 0.479. The van der Waals surface area contributed by atoms with Gasteiger partial charge in [-0.15, -0.1) is 5.10 Å². The molecule has 0 saturated carbocycles. The predicted octanol–water partition coefficient (Wildman–Crippen LogP) is -0.495. The summed E-state index contributed by atoms with van der Waals surface area (Å²) < 4.78 is 23.0. The van der Waals surface area contributed by atoms with Gasteiger partial charge in [0.1, 0.15) is 5.82 Å². The molecule has 3 rings (SSSR count). The van der Waals surface area contributed by atoms with Crippen LogP contribution in [0.1, 0.15) is 25.1 Å². The monoisotopic (exact) mass is 285 g/mol. The standard InChI is InChI=1S/C11H19N5O2S/c1-8-6-16(4-3-12-8)11-13-10(14-15-11)9-2-5-19(17,18)7-9/h8-9,12H,2-7H2,1H3,(H,13,14,15)/t8-,9?/m0/s1. The zero-order chi connectivity index (χ0) is 13.5. The zero-order valence-electron chi connectivity index (χ0n) is 11.0. The van der Waals surface area contributed by atoms with Crippen LogP contribution >= 0.6 is 0 Å². The average molecular weight is 285 g/mol. The minimum atomic E-state index is -2.88. The van der Waals surface area contributed by atoms with Crippen LogP contribution in [0.25, 0.3) is 0 Å². The second-order valence-electron chi connectivity index (χ2n) is 5.42. The molecule has 0 aliphatic carbocycles. The van der Waals surface area contributed by atoms with Gasteiger partial charge in [-0.1, -0.05) is 0 Å².